The number of hydrogen-bond acceptors (Lipinski definition) is 5. The lowest BCUT2D eigenvalue weighted by molar-refractivity contribution is 0.0844. The smallest absolute Gasteiger partial charge is 0.270 e. The van der Waals surface area contributed by atoms with Gasteiger partial charge in [-0.05, 0) is 31.7 Å². The molecule has 2 aromatic rings. The summed E-state index contributed by atoms with van der Waals surface area (Å²) in [6, 6.07) is 2.13. The van der Waals surface area contributed by atoms with E-state index >= 15 is 0 Å². The molecule has 0 aromatic carbocycles. The Morgan fingerprint density at radius 1 is 1.17 bits per heavy atom. The topological polar surface area (TPSA) is 81.9 Å². The van der Waals surface area contributed by atoms with Crippen molar-refractivity contribution in [1.82, 2.24) is 24.8 Å². The number of rotatable bonds is 4. The van der Waals surface area contributed by atoms with Crippen molar-refractivity contribution < 1.29 is 18.3 Å². The Kier molecular flexibility index (Phi) is 8.24. The van der Waals surface area contributed by atoms with Gasteiger partial charge in [0.1, 0.15) is 11.4 Å². The third kappa shape index (κ3) is 5.81. The van der Waals surface area contributed by atoms with Gasteiger partial charge in [0.25, 0.3) is 5.91 Å². The minimum Gasteiger partial charge on any atom is -0.381 e. The summed E-state index contributed by atoms with van der Waals surface area (Å²) in [5, 5.41) is 3.18. The molecule has 1 saturated heterocycles. The van der Waals surface area contributed by atoms with Crippen LogP contribution in [0.15, 0.2) is 18.6 Å². The number of carbonyl (C=O) groups excluding carboxylic acids is 1. The molecule has 1 saturated carbocycles. The number of halogens is 2. The zero-order valence-corrected chi connectivity index (χ0v) is 17.3. The first-order chi connectivity index (χ1) is 14.6. The lowest BCUT2D eigenvalue weighted by Gasteiger charge is -2.24. The molecule has 2 fully saturated rings. The molecule has 0 atom stereocenters. The molecule has 2 aliphatic rings. The van der Waals surface area contributed by atoms with Crippen LogP contribution < -0.4 is 5.32 Å². The van der Waals surface area contributed by atoms with Crippen LogP contribution in [0.1, 0.15) is 67.0 Å². The molecular formula is C21H29F2N5O2. The maximum Gasteiger partial charge on any atom is 0.270 e. The normalized spacial score (nSPS) is 17.8. The van der Waals surface area contributed by atoms with E-state index in [-0.39, 0.29) is 11.9 Å². The minimum atomic E-state index is -1.75. The molecule has 30 heavy (non-hydrogen) atoms. The second kappa shape index (κ2) is 11.1. The molecule has 2 aromatic heterocycles. The van der Waals surface area contributed by atoms with Gasteiger partial charge < -0.3 is 14.6 Å². The summed E-state index contributed by atoms with van der Waals surface area (Å²) >= 11 is 0. The number of aromatic nitrogens is 4. The van der Waals surface area contributed by atoms with Crippen LogP contribution in [0.2, 0.25) is 0 Å². The average Bonchev–Trinajstić information content (AvgIpc) is 3.21. The molecule has 164 valence electrons. The van der Waals surface area contributed by atoms with Crippen molar-refractivity contribution in [3.63, 3.8) is 0 Å². The van der Waals surface area contributed by atoms with E-state index in [0.717, 1.165) is 50.3 Å². The van der Waals surface area contributed by atoms with Crippen LogP contribution in [0.5, 0.6) is 0 Å². The quantitative estimate of drug-likeness (QED) is 0.814. The molecule has 1 amide bonds. The molecule has 7 nitrogen and oxygen atoms in total. The van der Waals surface area contributed by atoms with Gasteiger partial charge in [-0.3, -0.25) is 4.79 Å². The van der Waals surface area contributed by atoms with Gasteiger partial charge in [0.2, 0.25) is 6.93 Å². The second-order valence-electron chi connectivity index (χ2n) is 7.69. The summed E-state index contributed by atoms with van der Waals surface area (Å²) < 4.78 is 26.6. The molecule has 4 rings (SSSR count). The summed E-state index contributed by atoms with van der Waals surface area (Å²) in [5.74, 6) is 0.767. The van der Waals surface area contributed by atoms with E-state index in [9.17, 15) is 13.6 Å². The van der Waals surface area contributed by atoms with Crippen LogP contribution in [-0.2, 0) is 11.8 Å². The van der Waals surface area contributed by atoms with Crippen molar-refractivity contribution >= 4 is 5.91 Å². The highest BCUT2D eigenvalue weighted by Gasteiger charge is 2.23. The summed E-state index contributed by atoms with van der Waals surface area (Å²) in [6.07, 6.45) is 11.0. The molecule has 0 bridgehead atoms. The van der Waals surface area contributed by atoms with Crippen molar-refractivity contribution in [2.75, 3.05) is 20.1 Å². The van der Waals surface area contributed by atoms with Crippen LogP contribution in [0.3, 0.4) is 0 Å². The average molecular weight is 421 g/mol. The zero-order chi connectivity index (χ0) is 21.3. The van der Waals surface area contributed by atoms with Crippen LogP contribution in [-0.4, -0.2) is 51.6 Å². The molecule has 0 unspecified atom stereocenters. The van der Waals surface area contributed by atoms with Crippen molar-refractivity contribution in [2.45, 2.75) is 56.9 Å². The Morgan fingerprint density at radius 3 is 2.50 bits per heavy atom. The zero-order valence-electron chi connectivity index (χ0n) is 17.3. The fourth-order valence-electron chi connectivity index (χ4n) is 3.98. The van der Waals surface area contributed by atoms with E-state index in [2.05, 4.69) is 15.3 Å². The van der Waals surface area contributed by atoms with E-state index in [1.54, 1.807) is 12.5 Å². The van der Waals surface area contributed by atoms with Crippen molar-refractivity contribution in [2.24, 2.45) is 7.05 Å². The summed E-state index contributed by atoms with van der Waals surface area (Å²) in [6.45, 7) is -0.279. The largest absolute Gasteiger partial charge is 0.381 e. The monoisotopic (exact) mass is 421 g/mol. The number of carbonyl (C=O) groups is 1. The highest BCUT2D eigenvalue weighted by molar-refractivity contribution is 5.93. The van der Waals surface area contributed by atoms with Crippen LogP contribution in [0, 0.1) is 0 Å². The van der Waals surface area contributed by atoms with E-state index in [1.807, 2.05) is 17.7 Å². The van der Waals surface area contributed by atoms with Crippen molar-refractivity contribution in [1.29, 1.82) is 0 Å². The van der Waals surface area contributed by atoms with Crippen molar-refractivity contribution in [3.8, 4) is 11.5 Å². The summed E-state index contributed by atoms with van der Waals surface area (Å²) in [7, 11) is 1.91. The van der Waals surface area contributed by atoms with Gasteiger partial charge in [-0.2, -0.15) is 0 Å². The highest BCUT2D eigenvalue weighted by Crippen LogP contribution is 2.28. The minimum absolute atomic E-state index is 0.0963. The summed E-state index contributed by atoms with van der Waals surface area (Å²) in [5.41, 5.74) is 2.20. The van der Waals surface area contributed by atoms with Crippen LogP contribution >= 0.6 is 0 Å². The maximum absolute atomic E-state index is 12.9. The van der Waals surface area contributed by atoms with Gasteiger partial charge in [-0.1, -0.05) is 19.3 Å². The number of alkyl halides is 2. The number of nitrogens with one attached hydrogen (secondary N) is 1. The number of hydrogen-bond donors (Lipinski definition) is 1. The molecule has 9 heteroatoms. The predicted molar refractivity (Wildman–Crippen MR) is 108 cm³/mol. The molecule has 0 spiro atoms. The first kappa shape index (κ1) is 22.3. The Morgan fingerprint density at radius 2 is 1.87 bits per heavy atom. The number of amides is 1. The van der Waals surface area contributed by atoms with E-state index < -0.39 is 6.93 Å². The predicted octanol–water partition coefficient (Wildman–Crippen LogP) is 3.72. The van der Waals surface area contributed by atoms with Crippen LogP contribution in [0.25, 0.3) is 11.5 Å². The number of imidazole rings is 1. The van der Waals surface area contributed by atoms with E-state index in [0.29, 0.717) is 17.4 Å². The Bertz CT molecular complexity index is 817. The van der Waals surface area contributed by atoms with E-state index in [4.69, 9.17) is 9.72 Å². The van der Waals surface area contributed by atoms with Crippen LogP contribution in [0.4, 0.5) is 8.78 Å². The highest BCUT2D eigenvalue weighted by atomic mass is 19.3. The Balaban J connectivity index is 0.000000806. The standard InChI is InChI=1S/C20H27N5O2.CH2F2/c1-25-13-21-12-18(25)19-23-16(14-7-9-27-10-8-14)11-17(24-19)20(26)22-15-5-3-2-4-6-15;2-1-3/h11-15H,2-10H2,1H3,(H,22,26);1H2. The number of ether oxygens (including phenoxy) is 1. The van der Waals surface area contributed by atoms with Gasteiger partial charge in [0, 0.05) is 37.9 Å². The SMILES string of the molecule is Cn1cncc1-c1nc(C(=O)NC2CCCCC2)cc(C2CCOCC2)n1.FCF. The van der Waals surface area contributed by atoms with Gasteiger partial charge in [-0.15, -0.1) is 0 Å². The second-order valence-corrected chi connectivity index (χ2v) is 7.69. The van der Waals surface area contributed by atoms with Gasteiger partial charge in [0.05, 0.1) is 12.5 Å². The molecule has 1 N–H and O–H groups in total. The lowest BCUT2D eigenvalue weighted by atomic mass is 9.94. The third-order valence-corrected chi connectivity index (χ3v) is 5.60. The first-order valence-corrected chi connectivity index (χ1v) is 10.5. The molecule has 1 aliphatic heterocycles. The Labute approximate surface area is 175 Å². The summed E-state index contributed by atoms with van der Waals surface area (Å²) in [4.78, 5) is 26.4. The molecular weight excluding hydrogens is 392 g/mol. The molecule has 3 heterocycles. The maximum atomic E-state index is 12.9. The Hall–Kier alpha value is -2.42. The fourth-order valence-corrected chi connectivity index (χ4v) is 3.98. The van der Waals surface area contributed by atoms with Gasteiger partial charge >= 0.3 is 0 Å². The number of nitrogens with zero attached hydrogens (tertiary/aromatic N) is 4. The lowest BCUT2D eigenvalue weighted by Crippen LogP contribution is -2.36. The molecule has 0 radical (unpaired) electrons. The van der Waals surface area contributed by atoms with Crippen molar-refractivity contribution in [3.05, 3.63) is 30.0 Å². The van der Waals surface area contributed by atoms with Gasteiger partial charge in [0.15, 0.2) is 5.82 Å². The first-order valence-electron chi connectivity index (χ1n) is 10.5. The van der Waals surface area contributed by atoms with Gasteiger partial charge in [-0.25, -0.2) is 23.7 Å². The third-order valence-electron chi connectivity index (χ3n) is 5.60. The molecule has 1 aliphatic carbocycles. The van der Waals surface area contributed by atoms with E-state index in [1.165, 1.54) is 19.3 Å². The number of aryl methyl sites for hydroxylation is 1. The fraction of sp³-hybridized carbons (Fsp3) is 0.619.